The summed E-state index contributed by atoms with van der Waals surface area (Å²) in [6.07, 6.45) is 6.21. The van der Waals surface area contributed by atoms with Gasteiger partial charge in [0.15, 0.2) is 0 Å². The largest absolute Gasteiger partial charge is 0.497 e. The summed E-state index contributed by atoms with van der Waals surface area (Å²) in [6, 6.07) is 13.4. The molecule has 5 heteroatoms. The lowest BCUT2D eigenvalue weighted by atomic mass is 10.1. The zero-order chi connectivity index (χ0) is 22.0. The number of methoxy groups -OCH3 is 1. The van der Waals surface area contributed by atoms with E-state index in [0.29, 0.717) is 17.9 Å². The summed E-state index contributed by atoms with van der Waals surface area (Å²) in [4.78, 5) is 4.63. The molecule has 2 aromatic carbocycles. The molecule has 31 heavy (non-hydrogen) atoms. The maximum absolute atomic E-state index is 13.5. The molecule has 0 radical (unpaired) electrons. The van der Waals surface area contributed by atoms with Crippen molar-refractivity contribution in [3.8, 4) is 5.75 Å². The highest BCUT2D eigenvalue weighted by molar-refractivity contribution is 5.74. The first-order valence-electron chi connectivity index (χ1n) is 11.0. The fraction of sp³-hybridized carbons (Fsp3) is 0.385. The summed E-state index contributed by atoms with van der Waals surface area (Å²) >= 11 is 0. The topological polar surface area (TPSA) is 27.7 Å². The predicted octanol–water partition coefficient (Wildman–Crippen LogP) is 5.69. The van der Waals surface area contributed by atoms with Crippen LogP contribution in [0.1, 0.15) is 19.8 Å². The van der Waals surface area contributed by atoms with E-state index in [0.717, 1.165) is 48.7 Å². The minimum Gasteiger partial charge on any atom is -0.497 e. The van der Waals surface area contributed by atoms with Crippen LogP contribution in [-0.2, 0) is 0 Å². The Kier molecular flexibility index (Phi) is 6.21. The smallest absolute Gasteiger partial charge is 0.123 e. The minimum absolute atomic E-state index is 0.197. The van der Waals surface area contributed by atoms with Crippen molar-refractivity contribution in [1.29, 1.82) is 0 Å². The fourth-order valence-corrected chi connectivity index (χ4v) is 4.76. The van der Waals surface area contributed by atoms with Gasteiger partial charge in [0.05, 0.1) is 18.5 Å². The number of allylic oxidation sites excluding steroid dienone is 1. The molecule has 3 atom stereocenters. The number of hydrogen-bond acceptors (Lipinski definition) is 4. The molecule has 0 saturated heterocycles. The van der Waals surface area contributed by atoms with Crippen LogP contribution in [0.4, 0.5) is 21.5 Å². The Morgan fingerprint density at radius 2 is 1.94 bits per heavy atom. The average Bonchev–Trinajstić information content (AvgIpc) is 3.46. The van der Waals surface area contributed by atoms with Gasteiger partial charge in [-0.1, -0.05) is 12.2 Å². The van der Waals surface area contributed by atoms with Gasteiger partial charge in [-0.15, -0.1) is 6.58 Å². The standard InChI is InChI=1S/C26H32FN3O/c1-5-19-13-15-30(20-9-7-18(27)8-10-20)16-14-23-22(6-2)26(23)28-24-17-21(31-4)11-12-25(24)29(19)3/h5-12,17,22-23,26,28H,2,13-16H2,1,3-4H3. The Labute approximate surface area is 185 Å². The molecule has 1 aliphatic carbocycles. The second-order valence-electron chi connectivity index (χ2n) is 8.37. The molecule has 0 aromatic heterocycles. The van der Waals surface area contributed by atoms with Gasteiger partial charge in [-0.25, -0.2) is 4.39 Å². The van der Waals surface area contributed by atoms with Gasteiger partial charge in [0.25, 0.3) is 0 Å². The molecule has 1 N–H and O–H groups in total. The van der Waals surface area contributed by atoms with E-state index in [9.17, 15) is 4.39 Å². The first-order valence-corrected chi connectivity index (χ1v) is 11.0. The van der Waals surface area contributed by atoms with Gasteiger partial charge < -0.3 is 19.9 Å². The summed E-state index contributed by atoms with van der Waals surface area (Å²) in [5.74, 6) is 1.63. The average molecular weight is 422 g/mol. The molecule has 1 heterocycles. The lowest BCUT2D eigenvalue weighted by Crippen LogP contribution is -2.29. The molecule has 0 bridgehead atoms. The predicted molar refractivity (Wildman–Crippen MR) is 128 cm³/mol. The van der Waals surface area contributed by atoms with Gasteiger partial charge in [-0.3, -0.25) is 0 Å². The van der Waals surface area contributed by atoms with Gasteiger partial charge >= 0.3 is 0 Å². The van der Waals surface area contributed by atoms with Crippen LogP contribution in [-0.4, -0.2) is 33.3 Å². The Morgan fingerprint density at radius 3 is 2.61 bits per heavy atom. The highest BCUT2D eigenvalue weighted by atomic mass is 19.1. The van der Waals surface area contributed by atoms with E-state index in [1.54, 1.807) is 19.2 Å². The Bertz CT molecular complexity index is 956. The van der Waals surface area contributed by atoms with Crippen LogP contribution in [0, 0.1) is 17.7 Å². The summed E-state index contributed by atoms with van der Waals surface area (Å²) in [5.41, 5.74) is 4.54. The van der Waals surface area contributed by atoms with Crippen LogP contribution in [0.3, 0.4) is 0 Å². The van der Waals surface area contributed by atoms with Crippen molar-refractivity contribution in [1.82, 2.24) is 0 Å². The number of halogens is 1. The number of rotatable bonds is 3. The molecule has 4 nitrogen and oxygen atoms in total. The van der Waals surface area contributed by atoms with Crippen LogP contribution >= 0.6 is 0 Å². The maximum Gasteiger partial charge on any atom is 0.123 e. The maximum atomic E-state index is 13.5. The van der Waals surface area contributed by atoms with Crippen LogP contribution in [0.15, 0.2) is 66.9 Å². The number of nitrogens with one attached hydrogen (secondary N) is 1. The number of ether oxygens (including phenoxy) is 1. The zero-order valence-electron chi connectivity index (χ0n) is 18.6. The van der Waals surface area contributed by atoms with E-state index in [2.05, 4.69) is 60.0 Å². The Balaban J connectivity index is 1.68. The van der Waals surface area contributed by atoms with Crippen molar-refractivity contribution in [2.75, 3.05) is 42.4 Å². The van der Waals surface area contributed by atoms with Crippen LogP contribution in [0.25, 0.3) is 0 Å². The third-order valence-electron chi connectivity index (χ3n) is 6.71. The Morgan fingerprint density at radius 1 is 1.16 bits per heavy atom. The summed E-state index contributed by atoms with van der Waals surface area (Å²) in [7, 11) is 3.82. The monoisotopic (exact) mass is 421 g/mol. The van der Waals surface area contributed by atoms with Gasteiger partial charge in [0.1, 0.15) is 11.6 Å². The highest BCUT2D eigenvalue weighted by Crippen LogP contribution is 2.47. The molecule has 0 spiro atoms. The SMILES string of the molecule is C=CC1C2CCN(c3ccc(F)cc3)CCC(=CC)N(C)c3ccc(OC)cc3NC12. The van der Waals surface area contributed by atoms with E-state index in [1.165, 1.54) is 5.70 Å². The Hall–Kier alpha value is -2.95. The van der Waals surface area contributed by atoms with Crippen molar-refractivity contribution >= 4 is 17.1 Å². The van der Waals surface area contributed by atoms with E-state index in [1.807, 2.05) is 18.2 Å². The second kappa shape index (κ2) is 9.04. The van der Waals surface area contributed by atoms with E-state index >= 15 is 0 Å². The van der Waals surface area contributed by atoms with E-state index < -0.39 is 0 Å². The molecular formula is C26H32FN3O. The molecule has 2 aliphatic rings. The van der Waals surface area contributed by atoms with Gasteiger partial charge in [0, 0.05) is 56.0 Å². The first-order chi connectivity index (χ1) is 15.0. The third kappa shape index (κ3) is 4.41. The molecule has 4 rings (SSSR count). The molecule has 2 aromatic rings. The molecule has 1 aliphatic heterocycles. The van der Waals surface area contributed by atoms with Crippen molar-refractivity contribution < 1.29 is 9.13 Å². The van der Waals surface area contributed by atoms with Crippen molar-refractivity contribution in [3.05, 3.63) is 72.7 Å². The third-order valence-corrected chi connectivity index (χ3v) is 6.71. The van der Waals surface area contributed by atoms with Crippen LogP contribution in [0.2, 0.25) is 0 Å². The van der Waals surface area contributed by atoms with Gasteiger partial charge in [0.2, 0.25) is 0 Å². The normalized spacial score (nSPS) is 24.9. The quantitative estimate of drug-likeness (QED) is 0.645. The van der Waals surface area contributed by atoms with E-state index in [4.69, 9.17) is 4.74 Å². The number of fused-ring (bicyclic) bond motifs is 2. The van der Waals surface area contributed by atoms with Crippen LogP contribution in [0.5, 0.6) is 5.75 Å². The number of nitrogens with zero attached hydrogens (tertiary/aromatic N) is 2. The fourth-order valence-electron chi connectivity index (χ4n) is 4.76. The van der Waals surface area contributed by atoms with Crippen molar-refractivity contribution in [2.45, 2.75) is 25.8 Å². The summed E-state index contributed by atoms with van der Waals surface area (Å²) in [5, 5.41) is 3.78. The minimum atomic E-state index is -0.197. The lowest BCUT2D eigenvalue weighted by Gasteiger charge is -2.30. The summed E-state index contributed by atoms with van der Waals surface area (Å²) in [6.45, 7) is 7.97. The molecular weight excluding hydrogens is 389 g/mol. The lowest BCUT2D eigenvalue weighted by molar-refractivity contribution is 0.415. The van der Waals surface area contributed by atoms with Gasteiger partial charge in [-0.2, -0.15) is 0 Å². The van der Waals surface area contributed by atoms with E-state index in [-0.39, 0.29) is 5.82 Å². The number of benzene rings is 2. The first kappa shape index (κ1) is 21.3. The highest BCUT2D eigenvalue weighted by Gasteiger charge is 2.48. The van der Waals surface area contributed by atoms with Crippen LogP contribution < -0.4 is 19.9 Å². The van der Waals surface area contributed by atoms with Crippen molar-refractivity contribution in [2.24, 2.45) is 11.8 Å². The molecule has 0 amide bonds. The molecule has 3 unspecified atom stereocenters. The molecule has 1 fully saturated rings. The van der Waals surface area contributed by atoms with Gasteiger partial charge in [-0.05, 0) is 55.7 Å². The van der Waals surface area contributed by atoms with Crippen molar-refractivity contribution in [3.63, 3.8) is 0 Å². The molecule has 164 valence electrons. The number of hydrogen-bond donors (Lipinski definition) is 1. The summed E-state index contributed by atoms with van der Waals surface area (Å²) < 4.78 is 19.0. The number of anilines is 3. The zero-order valence-corrected chi connectivity index (χ0v) is 18.6. The molecule has 1 saturated carbocycles. The second-order valence-corrected chi connectivity index (χ2v) is 8.37.